The van der Waals surface area contributed by atoms with Gasteiger partial charge in [0.25, 0.3) is 5.91 Å². The van der Waals surface area contributed by atoms with Crippen LogP contribution in [0.15, 0.2) is 60.7 Å². The summed E-state index contributed by atoms with van der Waals surface area (Å²) in [6.07, 6.45) is 0. The Kier molecular flexibility index (Phi) is 8.33. The Morgan fingerprint density at radius 1 is 1.11 bits per heavy atom. The summed E-state index contributed by atoms with van der Waals surface area (Å²) in [6, 6.07) is 17.2. The summed E-state index contributed by atoms with van der Waals surface area (Å²) in [6.45, 7) is 3.86. The summed E-state index contributed by atoms with van der Waals surface area (Å²) in [5.74, 6) is -0.843. The van der Waals surface area contributed by atoms with Gasteiger partial charge in [-0.15, -0.1) is 0 Å². The number of carboxylic acid groups (broad SMARTS) is 1. The maximum Gasteiger partial charge on any atom is 0.341 e. The number of hydrogen-bond donors (Lipinski definition) is 5. The van der Waals surface area contributed by atoms with Crippen molar-refractivity contribution in [2.75, 3.05) is 17.2 Å². The minimum atomic E-state index is -1.06. The van der Waals surface area contributed by atoms with Gasteiger partial charge in [-0.2, -0.15) is 0 Å². The van der Waals surface area contributed by atoms with Gasteiger partial charge in [0.1, 0.15) is 11.6 Å². The summed E-state index contributed by atoms with van der Waals surface area (Å²) < 4.78 is 5.62. The molecule has 0 spiro atoms. The van der Waals surface area contributed by atoms with Crippen LogP contribution >= 0.6 is 11.6 Å². The van der Waals surface area contributed by atoms with Gasteiger partial charge in [0.05, 0.1) is 5.56 Å². The predicted octanol–water partition coefficient (Wildman–Crippen LogP) is 5.08. The minimum Gasteiger partial charge on any atom is -0.481 e. The van der Waals surface area contributed by atoms with Crippen LogP contribution in [0.5, 0.6) is 5.75 Å². The van der Waals surface area contributed by atoms with Gasteiger partial charge in [0.15, 0.2) is 6.61 Å². The van der Waals surface area contributed by atoms with E-state index in [2.05, 4.69) is 10.6 Å². The number of para-hydroxylation sites is 1. The number of aliphatic carboxylic acids is 1. The fraction of sp³-hybridized carbons (Fsp3) is 0.192. The number of carbonyl (C=O) groups excluding carboxylic acids is 1. The zero-order valence-corrected chi connectivity index (χ0v) is 20.1. The number of amides is 1. The number of hydrogen-bond acceptors (Lipinski definition) is 5. The monoisotopic (exact) mass is 494 g/mol. The molecule has 3 aromatic carbocycles. The molecule has 3 rings (SSSR count). The molecule has 6 N–H and O–H groups in total. The van der Waals surface area contributed by atoms with E-state index in [-0.39, 0.29) is 17.7 Å². The van der Waals surface area contributed by atoms with Crippen LogP contribution in [0.2, 0.25) is 5.02 Å². The SMILES string of the molecule is CC(C)c1cccc(CNc2ccc(Cl)cc2C(=O)Nc2ccc(C(=N)N)cc2)c1OCC(=O)O. The van der Waals surface area contributed by atoms with Crippen molar-refractivity contribution in [3.05, 3.63) is 87.9 Å². The van der Waals surface area contributed by atoms with Crippen molar-refractivity contribution in [1.82, 2.24) is 0 Å². The number of rotatable bonds is 10. The molecule has 0 atom stereocenters. The van der Waals surface area contributed by atoms with Crippen LogP contribution in [0.4, 0.5) is 11.4 Å². The molecule has 0 saturated carbocycles. The highest BCUT2D eigenvalue weighted by Crippen LogP contribution is 2.31. The van der Waals surface area contributed by atoms with E-state index in [1.807, 2.05) is 32.0 Å². The third-order valence-corrected chi connectivity index (χ3v) is 5.47. The Morgan fingerprint density at radius 2 is 1.83 bits per heavy atom. The molecule has 0 radical (unpaired) electrons. The molecule has 8 nitrogen and oxygen atoms in total. The first kappa shape index (κ1) is 25.6. The number of amidine groups is 1. The van der Waals surface area contributed by atoms with Crippen LogP contribution in [-0.2, 0) is 11.3 Å². The van der Waals surface area contributed by atoms with E-state index in [4.69, 9.17) is 32.6 Å². The maximum atomic E-state index is 13.0. The molecular weight excluding hydrogens is 468 g/mol. The summed E-state index contributed by atoms with van der Waals surface area (Å²) >= 11 is 6.17. The summed E-state index contributed by atoms with van der Waals surface area (Å²) in [7, 11) is 0. The molecule has 0 unspecified atom stereocenters. The molecule has 35 heavy (non-hydrogen) atoms. The van der Waals surface area contributed by atoms with Crippen LogP contribution < -0.4 is 21.1 Å². The zero-order valence-electron chi connectivity index (χ0n) is 19.4. The number of carboxylic acids is 1. The van der Waals surface area contributed by atoms with Crippen LogP contribution in [0.3, 0.4) is 0 Å². The van der Waals surface area contributed by atoms with Crippen molar-refractivity contribution in [2.45, 2.75) is 26.3 Å². The molecule has 0 aliphatic heterocycles. The van der Waals surface area contributed by atoms with E-state index in [1.54, 1.807) is 42.5 Å². The highest BCUT2D eigenvalue weighted by molar-refractivity contribution is 6.31. The van der Waals surface area contributed by atoms with Gasteiger partial charge in [-0.1, -0.05) is 43.6 Å². The Bertz CT molecular complexity index is 1240. The number of nitrogen functional groups attached to an aromatic ring is 1. The number of carbonyl (C=O) groups is 2. The van der Waals surface area contributed by atoms with Crippen molar-refractivity contribution in [1.29, 1.82) is 5.41 Å². The number of anilines is 2. The average Bonchev–Trinajstić information content (AvgIpc) is 2.82. The first-order chi connectivity index (χ1) is 16.7. The van der Waals surface area contributed by atoms with Gasteiger partial charge in [0, 0.05) is 34.1 Å². The second-order valence-corrected chi connectivity index (χ2v) is 8.60. The van der Waals surface area contributed by atoms with E-state index in [0.717, 1.165) is 11.1 Å². The van der Waals surface area contributed by atoms with Crippen molar-refractivity contribution >= 4 is 40.7 Å². The number of nitrogens with one attached hydrogen (secondary N) is 3. The fourth-order valence-electron chi connectivity index (χ4n) is 3.49. The maximum absolute atomic E-state index is 13.0. The molecule has 0 aromatic heterocycles. The van der Waals surface area contributed by atoms with Gasteiger partial charge in [-0.05, 0) is 53.9 Å². The van der Waals surface area contributed by atoms with Crippen molar-refractivity contribution in [3.8, 4) is 5.75 Å². The lowest BCUT2D eigenvalue weighted by molar-refractivity contribution is -0.139. The number of ether oxygens (including phenoxy) is 1. The summed E-state index contributed by atoms with van der Waals surface area (Å²) in [5.41, 5.74) is 9.12. The second kappa shape index (κ2) is 11.4. The molecular formula is C26H27ClN4O4. The first-order valence-electron chi connectivity index (χ1n) is 10.9. The molecule has 0 saturated heterocycles. The normalized spacial score (nSPS) is 10.6. The molecule has 0 aliphatic carbocycles. The van der Waals surface area contributed by atoms with Crippen LogP contribution in [0.25, 0.3) is 0 Å². The number of nitrogens with two attached hydrogens (primary N) is 1. The molecule has 0 heterocycles. The van der Waals surface area contributed by atoms with Crippen LogP contribution in [-0.4, -0.2) is 29.4 Å². The van der Waals surface area contributed by atoms with E-state index in [1.165, 1.54) is 0 Å². The predicted molar refractivity (Wildman–Crippen MR) is 138 cm³/mol. The molecule has 182 valence electrons. The van der Waals surface area contributed by atoms with Gasteiger partial charge < -0.3 is 26.2 Å². The third kappa shape index (κ3) is 6.74. The quantitative estimate of drug-likeness (QED) is 0.197. The zero-order chi connectivity index (χ0) is 25.5. The van der Waals surface area contributed by atoms with Crippen LogP contribution in [0.1, 0.15) is 46.8 Å². The van der Waals surface area contributed by atoms with Crippen molar-refractivity contribution in [2.24, 2.45) is 5.73 Å². The van der Waals surface area contributed by atoms with E-state index < -0.39 is 12.6 Å². The lowest BCUT2D eigenvalue weighted by Crippen LogP contribution is -2.16. The third-order valence-electron chi connectivity index (χ3n) is 5.24. The second-order valence-electron chi connectivity index (χ2n) is 8.16. The van der Waals surface area contributed by atoms with Crippen LogP contribution in [0, 0.1) is 5.41 Å². The standard InChI is InChI=1S/C26H27ClN4O4/c1-15(2)20-5-3-4-17(24(20)35-14-23(32)33)13-30-22-11-8-18(27)12-21(22)26(34)31-19-9-6-16(7-10-19)25(28)29/h3-12,15,30H,13-14H2,1-2H3,(H3,28,29)(H,31,34)(H,32,33). The van der Waals surface area contributed by atoms with E-state index in [9.17, 15) is 9.59 Å². The van der Waals surface area contributed by atoms with Crippen molar-refractivity contribution < 1.29 is 19.4 Å². The molecule has 0 fully saturated rings. The fourth-order valence-corrected chi connectivity index (χ4v) is 3.66. The minimum absolute atomic E-state index is 0.0579. The highest BCUT2D eigenvalue weighted by Gasteiger charge is 2.17. The Labute approximate surface area is 208 Å². The highest BCUT2D eigenvalue weighted by atomic mass is 35.5. The lowest BCUT2D eigenvalue weighted by atomic mass is 9.99. The summed E-state index contributed by atoms with van der Waals surface area (Å²) in [4.78, 5) is 24.1. The van der Waals surface area contributed by atoms with Gasteiger partial charge in [-0.3, -0.25) is 10.2 Å². The smallest absolute Gasteiger partial charge is 0.341 e. The Balaban J connectivity index is 1.83. The molecule has 0 aliphatic rings. The van der Waals surface area contributed by atoms with Gasteiger partial charge in [-0.25, -0.2) is 4.79 Å². The number of halogens is 1. The van der Waals surface area contributed by atoms with E-state index in [0.29, 0.717) is 39.8 Å². The van der Waals surface area contributed by atoms with Crippen molar-refractivity contribution in [3.63, 3.8) is 0 Å². The number of benzene rings is 3. The lowest BCUT2D eigenvalue weighted by Gasteiger charge is -2.19. The molecule has 9 heteroatoms. The van der Waals surface area contributed by atoms with Gasteiger partial charge in [0.2, 0.25) is 0 Å². The summed E-state index contributed by atoms with van der Waals surface area (Å²) in [5, 5.41) is 23.0. The van der Waals surface area contributed by atoms with Gasteiger partial charge >= 0.3 is 5.97 Å². The average molecular weight is 495 g/mol. The largest absolute Gasteiger partial charge is 0.481 e. The topological polar surface area (TPSA) is 138 Å². The Morgan fingerprint density at radius 3 is 2.46 bits per heavy atom. The Hall–Kier alpha value is -4.04. The van der Waals surface area contributed by atoms with E-state index >= 15 is 0 Å². The molecule has 1 amide bonds. The molecule has 3 aromatic rings. The molecule has 0 bridgehead atoms. The first-order valence-corrected chi connectivity index (χ1v) is 11.3.